The van der Waals surface area contributed by atoms with Gasteiger partial charge in [0.1, 0.15) is 0 Å². The molecule has 0 unspecified atom stereocenters. The van der Waals surface area contributed by atoms with E-state index in [0.717, 1.165) is 17.7 Å². The van der Waals surface area contributed by atoms with Crippen LogP contribution < -0.4 is 4.90 Å². The van der Waals surface area contributed by atoms with E-state index in [-0.39, 0.29) is 5.91 Å². The molecule has 7 heteroatoms. The Morgan fingerprint density at radius 3 is 2.75 bits per heavy atom. The van der Waals surface area contributed by atoms with Crippen molar-refractivity contribution < 1.29 is 4.79 Å². The number of anilines is 1. The highest BCUT2D eigenvalue weighted by Gasteiger charge is 2.21. The molecule has 3 nitrogen and oxygen atoms in total. The quantitative estimate of drug-likeness (QED) is 0.511. The molecule has 1 amide bonds. The molecule has 0 saturated carbocycles. The lowest BCUT2D eigenvalue weighted by atomic mass is 10.2. The van der Waals surface area contributed by atoms with Gasteiger partial charge in [-0.3, -0.25) is 9.69 Å². The van der Waals surface area contributed by atoms with Crippen molar-refractivity contribution in [1.82, 2.24) is 4.98 Å². The SMILES string of the molecule is CCCN(C(=O)c1cccs1)c1nc(-c2ccc(Cl)cc2Cl)cs1. The fraction of sp³-hybridized carbons (Fsp3) is 0.176. The third kappa shape index (κ3) is 3.64. The Hall–Kier alpha value is -1.40. The molecule has 124 valence electrons. The van der Waals surface area contributed by atoms with Gasteiger partial charge in [0, 0.05) is 22.5 Å². The first-order valence-electron chi connectivity index (χ1n) is 7.36. The van der Waals surface area contributed by atoms with Gasteiger partial charge in [0.25, 0.3) is 5.91 Å². The van der Waals surface area contributed by atoms with Gasteiger partial charge < -0.3 is 0 Å². The summed E-state index contributed by atoms with van der Waals surface area (Å²) in [6.07, 6.45) is 0.855. The molecule has 0 atom stereocenters. The molecule has 1 aromatic carbocycles. The van der Waals surface area contributed by atoms with Crippen LogP contribution in [0.4, 0.5) is 5.13 Å². The highest BCUT2D eigenvalue weighted by molar-refractivity contribution is 7.14. The van der Waals surface area contributed by atoms with Crippen LogP contribution in [-0.2, 0) is 0 Å². The van der Waals surface area contributed by atoms with Crippen molar-refractivity contribution in [3.63, 3.8) is 0 Å². The summed E-state index contributed by atoms with van der Waals surface area (Å²) in [5.41, 5.74) is 1.56. The lowest BCUT2D eigenvalue weighted by Crippen LogP contribution is -2.30. The van der Waals surface area contributed by atoms with Gasteiger partial charge in [-0.15, -0.1) is 22.7 Å². The number of nitrogens with zero attached hydrogens (tertiary/aromatic N) is 2. The number of thiophene rings is 1. The monoisotopic (exact) mass is 396 g/mol. The predicted molar refractivity (Wildman–Crippen MR) is 104 cm³/mol. The summed E-state index contributed by atoms with van der Waals surface area (Å²) in [7, 11) is 0. The summed E-state index contributed by atoms with van der Waals surface area (Å²) in [5, 5.41) is 5.62. The maximum absolute atomic E-state index is 12.7. The van der Waals surface area contributed by atoms with E-state index in [9.17, 15) is 4.79 Å². The Morgan fingerprint density at radius 1 is 1.25 bits per heavy atom. The van der Waals surface area contributed by atoms with E-state index >= 15 is 0 Å². The van der Waals surface area contributed by atoms with Crippen molar-refractivity contribution in [2.24, 2.45) is 0 Å². The van der Waals surface area contributed by atoms with E-state index in [1.807, 2.05) is 35.9 Å². The number of carbonyl (C=O) groups is 1. The molecule has 0 aliphatic heterocycles. The molecule has 2 heterocycles. The van der Waals surface area contributed by atoms with Gasteiger partial charge in [0.15, 0.2) is 5.13 Å². The van der Waals surface area contributed by atoms with Crippen molar-refractivity contribution in [3.05, 3.63) is 56.0 Å². The van der Waals surface area contributed by atoms with Crippen molar-refractivity contribution >= 4 is 56.9 Å². The summed E-state index contributed by atoms with van der Waals surface area (Å²) in [4.78, 5) is 19.8. The zero-order chi connectivity index (χ0) is 17.1. The fourth-order valence-electron chi connectivity index (χ4n) is 2.25. The van der Waals surface area contributed by atoms with Crippen molar-refractivity contribution in [1.29, 1.82) is 0 Å². The number of carbonyl (C=O) groups excluding carboxylic acids is 1. The van der Waals surface area contributed by atoms with Crippen LogP contribution in [0.1, 0.15) is 23.0 Å². The highest BCUT2D eigenvalue weighted by Crippen LogP contribution is 2.34. The van der Waals surface area contributed by atoms with E-state index in [4.69, 9.17) is 23.2 Å². The molecule has 3 rings (SSSR count). The second kappa shape index (κ2) is 7.66. The highest BCUT2D eigenvalue weighted by atomic mass is 35.5. The predicted octanol–water partition coefficient (Wildman–Crippen LogP) is 6.24. The molecular weight excluding hydrogens is 383 g/mol. The summed E-state index contributed by atoms with van der Waals surface area (Å²) in [6.45, 7) is 2.66. The lowest BCUT2D eigenvalue weighted by Gasteiger charge is -2.18. The molecule has 24 heavy (non-hydrogen) atoms. The standard InChI is InChI=1S/C17H14Cl2N2OS2/c1-2-7-21(16(22)15-4-3-8-23-15)17-20-14(10-24-17)12-6-5-11(18)9-13(12)19/h3-6,8-10H,2,7H2,1H3. The van der Waals surface area contributed by atoms with E-state index in [2.05, 4.69) is 4.98 Å². The fourth-order valence-corrected chi connectivity index (χ4v) is 4.28. The second-order valence-corrected chi connectivity index (χ2v) is 7.70. The topological polar surface area (TPSA) is 33.2 Å². The summed E-state index contributed by atoms with van der Waals surface area (Å²) in [6, 6.07) is 9.03. The minimum atomic E-state index is -0.0186. The minimum Gasteiger partial charge on any atom is -0.283 e. The molecule has 3 aromatic rings. The molecular formula is C17H14Cl2N2OS2. The first-order chi connectivity index (χ1) is 11.6. The number of benzene rings is 1. The van der Waals surface area contributed by atoms with E-state index in [0.29, 0.717) is 26.6 Å². The zero-order valence-electron chi connectivity index (χ0n) is 12.8. The number of hydrogen-bond donors (Lipinski definition) is 0. The lowest BCUT2D eigenvalue weighted by molar-refractivity contribution is 0.0991. The van der Waals surface area contributed by atoms with Gasteiger partial charge >= 0.3 is 0 Å². The second-order valence-electron chi connectivity index (χ2n) is 5.07. The Kier molecular flexibility index (Phi) is 5.56. The molecule has 0 bridgehead atoms. The molecule has 0 spiro atoms. The van der Waals surface area contributed by atoms with Crippen LogP contribution >= 0.6 is 45.9 Å². The van der Waals surface area contributed by atoms with Crippen LogP contribution in [0.15, 0.2) is 41.1 Å². The Bertz CT molecular complexity index is 846. The zero-order valence-corrected chi connectivity index (χ0v) is 16.0. The largest absolute Gasteiger partial charge is 0.283 e. The number of halogens is 2. The molecule has 0 saturated heterocycles. The number of hydrogen-bond acceptors (Lipinski definition) is 4. The van der Waals surface area contributed by atoms with Gasteiger partial charge in [-0.2, -0.15) is 0 Å². The molecule has 0 aliphatic rings. The number of amides is 1. The Morgan fingerprint density at radius 2 is 2.08 bits per heavy atom. The molecule has 2 aromatic heterocycles. The molecule has 0 radical (unpaired) electrons. The van der Waals surface area contributed by atoms with Gasteiger partial charge in [0.05, 0.1) is 15.6 Å². The maximum atomic E-state index is 12.7. The maximum Gasteiger partial charge on any atom is 0.270 e. The summed E-state index contributed by atoms with van der Waals surface area (Å²) < 4.78 is 0. The average molecular weight is 397 g/mol. The van der Waals surface area contributed by atoms with Gasteiger partial charge in [-0.1, -0.05) is 36.2 Å². The van der Waals surface area contributed by atoms with Crippen molar-refractivity contribution in [2.75, 3.05) is 11.4 Å². The first-order valence-corrected chi connectivity index (χ1v) is 9.88. The first kappa shape index (κ1) is 17.4. The smallest absolute Gasteiger partial charge is 0.270 e. The van der Waals surface area contributed by atoms with Crippen molar-refractivity contribution in [3.8, 4) is 11.3 Å². The van der Waals surface area contributed by atoms with Crippen LogP contribution in [0.3, 0.4) is 0 Å². The van der Waals surface area contributed by atoms with Gasteiger partial charge in [-0.05, 0) is 36.1 Å². The van der Waals surface area contributed by atoms with Crippen LogP contribution in [-0.4, -0.2) is 17.4 Å². The van der Waals surface area contributed by atoms with E-state index in [1.54, 1.807) is 17.0 Å². The summed E-state index contributed by atoms with van der Waals surface area (Å²) >= 11 is 15.1. The van der Waals surface area contributed by atoms with Crippen LogP contribution in [0.5, 0.6) is 0 Å². The number of rotatable bonds is 5. The van der Waals surface area contributed by atoms with E-state index in [1.165, 1.54) is 22.7 Å². The Balaban J connectivity index is 1.93. The molecule has 0 aliphatic carbocycles. The minimum absolute atomic E-state index is 0.0186. The van der Waals surface area contributed by atoms with Gasteiger partial charge in [-0.25, -0.2) is 4.98 Å². The van der Waals surface area contributed by atoms with Crippen molar-refractivity contribution in [2.45, 2.75) is 13.3 Å². The van der Waals surface area contributed by atoms with Crippen LogP contribution in [0.25, 0.3) is 11.3 Å². The molecule has 0 fully saturated rings. The van der Waals surface area contributed by atoms with Crippen LogP contribution in [0, 0.1) is 0 Å². The molecule has 0 N–H and O–H groups in total. The Labute approximate surface area is 158 Å². The van der Waals surface area contributed by atoms with Gasteiger partial charge in [0.2, 0.25) is 0 Å². The average Bonchev–Trinajstić information content (AvgIpc) is 3.23. The third-order valence-corrected chi connectivity index (χ3v) is 5.62. The number of aromatic nitrogens is 1. The number of thiazole rings is 1. The normalized spacial score (nSPS) is 10.8. The van der Waals surface area contributed by atoms with Crippen LogP contribution in [0.2, 0.25) is 10.0 Å². The van der Waals surface area contributed by atoms with E-state index < -0.39 is 0 Å². The summed E-state index contributed by atoms with van der Waals surface area (Å²) in [5.74, 6) is -0.0186. The third-order valence-electron chi connectivity index (χ3n) is 3.35.